The Bertz CT molecular complexity index is 234. The molecule has 4 nitrogen and oxygen atoms in total. The van der Waals surface area contributed by atoms with E-state index >= 15 is 0 Å². The van der Waals surface area contributed by atoms with Crippen LogP contribution in [0.2, 0.25) is 0 Å². The van der Waals surface area contributed by atoms with Crippen molar-refractivity contribution in [2.45, 2.75) is 0 Å². The smallest absolute Gasteiger partial charge is 0.150 e. The SMILES string of the molecule is NN.O=Cc1ccccc1C=O. The molecule has 0 radical (unpaired) electrons. The molecule has 4 heteroatoms. The van der Waals surface area contributed by atoms with Gasteiger partial charge in [0.2, 0.25) is 0 Å². The number of benzene rings is 1. The first kappa shape index (κ1) is 10.5. The highest BCUT2D eigenvalue weighted by molar-refractivity contribution is 5.89. The second-order valence-corrected chi connectivity index (χ2v) is 1.86. The maximum Gasteiger partial charge on any atom is 0.150 e. The fraction of sp³-hybridized carbons (Fsp3) is 0. The maximum absolute atomic E-state index is 10.2. The Labute approximate surface area is 70.1 Å². The molecule has 0 aliphatic carbocycles. The van der Waals surface area contributed by atoms with Crippen molar-refractivity contribution in [3.05, 3.63) is 35.4 Å². The molecular formula is C8H10N2O2. The van der Waals surface area contributed by atoms with Crippen molar-refractivity contribution in [2.75, 3.05) is 0 Å². The number of rotatable bonds is 2. The number of hydrogen-bond acceptors (Lipinski definition) is 4. The molecule has 0 bridgehead atoms. The topological polar surface area (TPSA) is 86.2 Å². The van der Waals surface area contributed by atoms with Crippen molar-refractivity contribution in [1.29, 1.82) is 0 Å². The van der Waals surface area contributed by atoms with Gasteiger partial charge in [0.15, 0.2) is 12.6 Å². The first-order valence-electron chi connectivity index (χ1n) is 3.21. The molecule has 0 saturated heterocycles. The minimum absolute atomic E-state index is 0.442. The summed E-state index contributed by atoms with van der Waals surface area (Å²) < 4.78 is 0. The van der Waals surface area contributed by atoms with Gasteiger partial charge in [-0.1, -0.05) is 24.3 Å². The molecule has 0 spiro atoms. The highest BCUT2D eigenvalue weighted by atomic mass is 16.1. The highest BCUT2D eigenvalue weighted by Crippen LogP contribution is 2.01. The van der Waals surface area contributed by atoms with Gasteiger partial charge < -0.3 is 0 Å². The lowest BCUT2D eigenvalue weighted by molar-refractivity contribution is 0.109. The molecule has 0 saturated carbocycles. The van der Waals surface area contributed by atoms with Gasteiger partial charge >= 0.3 is 0 Å². The molecule has 1 aromatic rings. The summed E-state index contributed by atoms with van der Waals surface area (Å²) >= 11 is 0. The molecule has 64 valence electrons. The predicted octanol–water partition coefficient (Wildman–Crippen LogP) is 0.130. The third-order valence-corrected chi connectivity index (χ3v) is 1.25. The minimum atomic E-state index is 0.442. The van der Waals surface area contributed by atoms with Gasteiger partial charge in [-0.25, -0.2) is 0 Å². The predicted molar refractivity (Wildman–Crippen MR) is 45.6 cm³/mol. The van der Waals surface area contributed by atoms with Crippen molar-refractivity contribution >= 4 is 12.6 Å². The Morgan fingerprint density at radius 2 is 1.25 bits per heavy atom. The average Bonchev–Trinajstić information content (AvgIpc) is 2.20. The van der Waals surface area contributed by atoms with E-state index in [0.717, 1.165) is 0 Å². The summed E-state index contributed by atoms with van der Waals surface area (Å²) in [7, 11) is 0. The lowest BCUT2D eigenvalue weighted by Gasteiger charge is -1.91. The van der Waals surface area contributed by atoms with Crippen LogP contribution in [0.25, 0.3) is 0 Å². The van der Waals surface area contributed by atoms with E-state index in [1.165, 1.54) is 0 Å². The van der Waals surface area contributed by atoms with Crippen molar-refractivity contribution in [1.82, 2.24) is 0 Å². The third-order valence-electron chi connectivity index (χ3n) is 1.25. The second-order valence-electron chi connectivity index (χ2n) is 1.86. The summed E-state index contributed by atoms with van der Waals surface area (Å²) in [5.41, 5.74) is 0.884. The Balaban J connectivity index is 0.000000561. The van der Waals surface area contributed by atoms with E-state index < -0.39 is 0 Å². The molecule has 0 unspecified atom stereocenters. The third kappa shape index (κ3) is 2.61. The van der Waals surface area contributed by atoms with Gasteiger partial charge in [-0.3, -0.25) is 21.3 Å². The molecule has 0 heterocycles. The summed E-state index contributed by atoms with van der Waals surface area (Å²) in [6.07, 6.45) is 1.34. The molecule has 0 fully saturated rings. The van der Waals surface area contributed by atoms with Gasteiger partial charge in [0, 0.05) is 11.1 Å². The molecule has 1 aromatic carbocycles. The van der Waals surface area contributed by atoms with Crippen LogP contribution in [-0.4, -0.2) is 12.6 Å². The van der Waals surface area contributed by atoms with Crippen LogP contribution in [-0.2, 0) is 0 Å². The van der Waals surface area contributed by atoms with E-state index in [1.807, 2.05) is 0 Å². The highest BCUT2D eigenvalue weighted by Gasteiger charge is 1.95. The lowest BCUT2D eigenvalue weighted by Crippen LogP contribution is -2.02. The summed E-state index contributed by atoms with van der Waals surface area (Å²) in [5, 5.41) is 0. The Hall–Kier alpha value is -1.52. The van der Waals surface area contributed by atoms with Crippen LogP contribution < -0.4 is 11.7 Å². The fourth-order valence-corrected chi connectivity index (χ4v) is 0.726. The van der Waals surface area contributed by atoms with Gasteiger partial charge in [-0.05, 0) is 0 Å². The number of aldehydes is 2. The van der Waals surface area contributed by atoms with Crippen LogP contribution in [0.1, 0.15) is 20.7 Å². The van der Waals surface area contributed by atoms with Gasteiger partial charge in [0.05, 0.1) is 0 Å². The van der Waals surface area contributed by atoms with E-state index in [-0.39, 0.29) is 0 Å². The van der Waals surface area contributed by atoms with E-state index in [4.69, 9.17) is 0 Å². The van der Waals surface area contributed by atoms with E-state index in [0.29, 0.717) is 23.7 Å². The molecule has 0 aromatic heterocycles. The number of carbonyl (C=O) groups excluding carboxylic acids is 2. The van der Waals surface area contributed by atoms with Crippen LogP contribution in [0.3, 0.4) is 0 Å². The van der Waals surface area contributed by atoms with Crippen molar-refractivity contribution in [3.63, 3.8) is 0 Å². The molecule has 0 aliphatic heterocycles. The van der Waals surface area contributed by atoms with E-state index in [9.17, 15) is 9.59 Å². The average molecular weight is 166 g/mol. The zero-order valence-corrected chi connectivity index (χ0v) is 6.44. The van der Waals surface area contributed by atoms with Crippen LogP contribution >= 0.6 is 0 Å². The standard InChI is InChI=1S/C8H6O2.H4N2/c9-5-7-3-1-2-4-8(7)6-10;1-2/h1-6H;1-2H2. The van der Waals surface area contributed by atoms with Crippen LogP contribution in [0.15, 0.2) is 24.3 Å². The van der Waals surface area contributed by atoms with E-state index in [1.54, 1.807) is 24.3 Å². The molecule has 0 atom stereocenters. The summed E-state index contributed by atoms with van der Waals surface area (Å²) in [5.74, 6) is 8.00. The Morgan fingerprint density at radius 3 is 1.50 bits per heavy atom. The number of carbonyl (C=O) groups is 2. The van der Waals surface area contributed by atoms with Gasteiger partial charge in [0.1, 0.15) is 0 Å². The summed E-state index contributed by atoms with van der Waals surface area (Å²) in [6.45, 7) is 0. The van der Waals surface area contributed by atoms with Crippen molar-refractivity contribution in [2.24, 2.45) is 11.7 Å². The normalized spacial score (nSPS) is 7.83. The fourth-order valence-electron chi connectivity index (χ4n) is 0.726. The quantitative estimate of drug-likeness (QED) is 0.371. The zero-order chi connectivity index (χ0) is 9.40. The van der Waals surface area contributed by atoms with Crippen LogP contribution in [0.5, 0.6) is 0 Å². The summed E-state index contributed by atoms with van der Waals surface area (Å²) in [6, 6.07) is 6.65. The molecule has 1 rings (SSSR count). The lowest BCUT2D eigenvalue weighted by atomic mass is 10.1. The molecular weight excluding hydrogens is 156 g/mol. The second kappa shape index (κ2) is 6.21. The van der Waals surface area contributed by atoms with Gasteiger partial charge in [-0.15, -0.1) is 0 Å². The Kier molecular flexibility index (Phi) is 5.42. The molecule has 4 N–H and O–H groups in total. The summed E-state index contributed by atoms with van der Waals surface area (Å²) in [4.78, 5) is 20.5. The monoisotopic (exact) mass is 166 g/mol. The molecule has 12 heavy (non-hydrogen) atoms. The van der Waals surface area contributed by atoms with Crippen LogP contribution in [0, 0.1) is 0 Å². The first-order valence-corrected chi connectivity index (χ1v) is 3.21. The zero-order valence-electron chi connectivity index (χ0n) is 6.44. The van der Waals surface area contributed by atoms with Crippen LogP contribution in [0.4, 0.5) is 0 Å². The van der Waals surface area contributed by atoms with Gasteiger partial charge in [0.25, 0.3) is 0 Å². The molecule has 0 aliphatic rings. The van der Waals surface area contributed by atoms with Crippen molar-refractivity contribution in [3.8, 4) is 0 Å². The number of hydrogen-bond donors (Lipinski definition) is 2. The molecule has 0 amide bonds. The maximum atomic E-state index is 10.2. The van der Waals surface area contributed by atoms with Crippen molar-refractivity contribution < 1.29 is 9.59 Å². The number of hydrazine groups is 1. The number of nitrogens with two attached hydrogens (primary N) is 2. The largest absolute Gasteiger partial charge is 0.298 e. The van der Waals surface area contributed by atoms with Gasteiger partial charge in [-0.2, -0.15) is 0 Å². The Morgan fingerprint density at radius 1 is 0.917 bits per heavy atom. The van der Waals surface area contributed by atoms with E-state index in [2.05, 4.69) is 11.7 Å². The minimum Gasteiger partial charge on any atom is -0.298 e. The first-order chi connectivity index (χ1) is 5.88.